The highest BCUT2D eigenvalue weighted by Crippen LogP contribution is 2.21. The number of carbonyl (C=O) groups excluding carboxylic acids is 1. The molecule has 0 fully saturated rings. The Morgan fingerprint density at radius 3 is 2.45 bits per heavy atom. The summed E-state index contributed by atoms with van der Waals surface area (Å²) in [7, 11) is 2.74. The van der Waals surface area contributed by atoms with Gasteiger partial charge < -0.3 is 9.47 Å². The minimum absolute atomic E-state index is 0.0103. The maximum Gasteiger partial charge on any atom is 0.338 e. The summed E-state index contributed by atoms with van der Waals surface area (Å²) in [4.78, 5) is 44.2. The second-order valence-electron chi connectivity index (χ2n) is 7.34. The molecule has 0 aliphatic carbocycles. The van der Waals surface area contributed by atoms with Crippen LogP contribution >= 0.6 is 11.6 Å². The Hall–Kier alpha value is -3.91. The standard InChI is InChI=1S/C24H20ClN3O5/c1-14-11-19(23(30)33-3)20-21(26-14)28(17-5-4-6-18(12-17)32-2)24(31)27(22(20)29)13-15-7-9-16(25)10-8-15/h4-12H,13H2,1-3H3. The predicted molar refractivity (Wildman–Crippen MR) is 125 cm³/mol. The third-order valence-electron chi connectivity index (χ3n) is 5.19. The molecule has 0 bridgehead atoms. The molecule has 0 aliphatic rings. The van der Waals surface area contributed by atoms with Crippen LogP contribution in [0.1, 0.15) is 21.6 Å². The van der Waals surface area contributed by atoms with Crippen molar-refractivity contribution in [3.05, 3.63) is 97.3 Å². The van der Waals surface area contributed by atoms with E-state index in [1.54, 1.807) is 55.5 Å². The second kappa shape index (κ2) is 8.91. The quantitative estimate of drug-likeness (QED) is 0.420. The number of nitrogens with zero attached hydrogens (tertiary/aromatic N) is 3. The Labute approximate surface area is 193 Å². The van der Waals surface area contributed by atoms with E-state index in [-0.39, 0.29) is 23.1 Å². The lowest BCUT2D eigenvalue weighted by Crippen LogP contribution is -2.40. The van der Waals surface area contributed by atoms with Crippen LogP contribution in [0.25, 0.3) is 16.7 Å². The highest BCUT2D eigenvalue weighted by atomic mass is 35.5. The Morgan fingerprint density at radius 1 is 1.06 bits per heavy atom. The molecule has 4 aromatic rings. The van der Waals surface area contributed by atoms with E-state index >= 15 is 0 Å². The van der Waals surface area contributed by atoms with Crippen molar-refractivity contribution < 1.29 is 14.3 Å². The number of hydrogen-bond donors (Lipinski definition) is 0. The third-order valence-corrected chi connectivity index (χ3v) is 5.44. The van der Waals surface area contributed by atoms with E-state index in [2.05, 4.69) is 4.98 Å². The number of fused-ring (bicyclic) bond motifs is 1. The molecule has 2 aromatic carbocycles. The van der Waals surface area contributed by atoms with E-state index in [1.165, 1.54) is 24.9 Å². The van der Waals surface area contributed by atoms with Crippen LogP contribution < -0.4 is 16.0 Å². The molecule has 0 N–H and O–H groups in total. The fraction of sp³-hybridized carbons (Fsp3) is 0.167. The van der Waals surface area contributed by atoms with Gasteiger partial charge in [0.2, 0.25) is 0 Å². The first-order chi connectivity index (χ1) is 15.8. The number of rotatable bonds is 5. The number of esters is 1. The molecule has 0 spiro atoms. The van der Waals surface area contributed by atoms with Crippen LogP contribution in [0.15, 0.2) is 64.2 Å². The highest BCUT2D eigenvalue weighted by Gasteiger charge is 2.23. The van der Waals surface area contributed by atoms with Crippen molar-refractivity contribution in [2.45, 2.75) is 13.5 Å². The summed E-state index contributed by atoms with van der Waals surface area (Å²) >= 11 is 5.97. The Morgan fingerprint density at radius 2 is 1.79 bits per heavy atom. The molecule has 0 aliphatic heterocycles. The monoisotopic (exact) mass is 465 g/mol. The van der Waals surface area contributed by atoms with Gasteiger partial charge in [0.1, 0.15) is 5.75 Å². The molecule has 168 valence electrons. The average molecular weight is 466 g/mol. The van der Waals surface area contributed by atoms with E-state index in [0.717, 1.165) is 4.57 Å². The number of benzene rings is 2. The molecule has 4 rings (SSSR count). The van der Waals surface area contributed by atoms with Crippen molar-refractivity contribution in [2.75, 3.05) is 14.2 Å². The number of ether oxygens (including phenoxy) is 2. The molecular formula is C24H20ClN3O5. The van der Waals surface area contributed by atoms with Gasteiger partial charge in [-0.25, -0.2) is 19.1 Å². The average Bonchev–Trinajstić information content (AvgIpc) is 2.82. The van der Waals surface area contributed by atoms with Gasteiger partial charge in [0.15, 0.2) is 5.65 Å². The van der Waals surface area contributed by atoms with Crippen molar-refractivity contribution in [3.8, 4) is 11.4 Å². The zero-order valence-electron chi connectivity index (χ0n) is 18.2. The number of aromatic nitrogens is 3. The van der Waals surface area contributed by atoms with Crippen LogP contribution in [0, 0.1) is 6.92 Å². The van der Waals surface area contributed by atoms with Gasteiger partial charge in [-0.3, -0.25) is 9.36 Å². The van der Waals surface area contributed by atoms with Crippen LogP contribution in [0.5, 0.6) is 5.75 Å². The number of carbonyl (C=O) groups is 1. The molecule has 2 heterocycles. The first-order valence-corrected chi connectivity index (χ1v) is 10.4. The van der Waals surface area contributed by atoms with Crippen molar-refractivity contribution in [1.82, 2.24) is 14.1 Å². The Bertz CT molecular complexity index is 1490. The van der Waals surface area contributed by atoms with Gasteiger partial charge in [-0.05, 0) is 42.8 Å². The third kappa shape index (κ3) is 4.12. The van der Waals surface area contributed by atoms with Crippen molar-refractivity contribution in [2.24, 2.45) is 0 Å². The van der Waals surface area contributed by atoms with Gasteiger partial charge in [-0.1, -0.05) is 29.8 Å². The lowest BCUT2D eigenvalue weighted by Gasteiger charge is -2.16. The molecule has 0 radical (unpaired) electrons. The maximum absolute atomic E-state index is 13.6. The zero-order valence-corrected chi connectivity index (χ0v) is 18.9. The van der Waals surface area contributed by atoms with Crippen molar-refractivity contribution >= 4 is 28.6 Å². The smallest absolute Gasteiger partial charge is 0.338 e. The van der Waals surface area contributed by atoms with E-state index in [9.17, 15) is 14.4 Å². The van der Waals surface area contributed by atoms with Crippen LogP contribution in [0.2, 0.25) is 5.02 Å². The van der Waals surface area contributed by atoms with Crippen LogP contribution in [0.3, 0.4) is 0 Å². The summed E-state index contributed by atoms with van der Waals surface area (Å²) in [6.07, 6.45) is 0. The van der Waals surface area contributed by atoms with Crippen LogP contribution in [0.4, 0.5) is 0 Å². The van der Waals surface area contributed by atoms with Gasteiger partial charge in [0, 0.05) is 16.8 Å². The fourth-order valence-corrected chi connectivity index (χ4v) is 3.75. The fourth-order valence-electron chi connectivity index (χ4n) is 3.63. The van der Waals surface area contributed by atoms with Gasteiger partial charge in [-0.15, -0.1) is 0 Å². The predicted octanol–water partition coefficient (Wildman–Crippen LogP) is 3.35. The second-order valence-corrected chi connectivity index (χ2v) is 7.78. The van der Waals surface area contributed by atoms with Gasteiger partial charge in [0.25, 0.3) is 5.56 Å². The van der Waals surface area contributed by atoms with Crippen molar-refractivity contribution in [1.29, 1.82) is 0 Å². The molecule has 0 saturated heterocycles. The van der Waals surface area contributed by atoms with E-state index < -0.39 is 17.2 Å². The largest absolute Gasteiger partial charge is 0.497 e. The lowest BCUT2D eigenvalue weighted by atomic mass is 10.1. The summed E-state index contributed by atoms with van der Waals surface area (Å²) in [5, 5.41) is 0.523. The van der Waals surface area contributed by atoms with Gasteiger partial charge >= 0.3 is 11.7 Å². The maximum atomic E-state index is 13.6. The minimum Gasteiger partial charge on any atom is -0.497 e. The normalized spacial score (nSPS) is 10.9. The lowest BCUT2D eigenvalue weighted by molar-refractivity contribution is 0.0602. The number of hydrogen-bond acceptors (Lipinski definition) is 6. The zero-order chi connectivity index (χ0) is 23.7. The van der Waals surface area contributed by atoms with E-state index in [1.807, 2.05) is 0 Å². The molecule has 33 heavy (non-hydrogen) atoms. The molecule has 9 heteroatoms. The highest BCUT2D eigenvalue weighted by molar-refractivity contribution is 6.30. The SMILES string of the molecule is COC(=O)c1cc(C)nc2c1c(=O)n(Cc1ccc(Cl)cc1)c(=O)n2-c1cccc(OC)c1. The number of pyridine rings is 1. The summed E-state index contributed by atoms with van der Waals surface area (Å²) in [6, 6.07) is 15.1. The number of methoxy groups -OCH3 is 2. The van der Waals surface area contributed by atoms with Crippen LogP contribution in [-0.2, 0) is 11.3 Å². The summed E-state index contributed by atoms with van der Waals surface area (Å²) < 4.78 is 12.6. The first-order valence-electron chi connectivity index (χ1n) is 9.98. The molecule has 0 atom stereocenters. The number of aryl methyl sites for hydroxylation is 1. The van der Waals surface area contributed by atoms with Gasteiger partial charge in [0.05, 0.1) is 37.4 Å². The van der Waals surface area contributed by atoms with E-state index in [0.29, 0.717) is 27.7 Å². The molecule has 8 nitrogen and oxygen atoms in total. The minimum atomic E-state index is -0.698. The molecule has 2 aromatic heterocycles. The van der Waals surface area contributed by atoms with Crippen molar-refractivity contribution in [3.63, 3.8) is 0 Å². The van der Waals surface area contributed by atoms with E-state index in [4.69, 9.17) is 21.1 Å². The topological polar surface area (TPSA) is 92.4 Å². The summed E-state index contributed by atoms with van der Waals surface area (Å²) in [6.45, 7) is 1.65. The first kappa shape index (κ1) is 22.3. The molecule has 0 amide bonds. The summed E-state index contributed by atoms with van der Waals surface area (Å²) in [5.41, 5.74) is 0.422. The van der Waals surface area contributed by atoms with Gasteiger partial charge in [-0.2, -0.15) is 0 Å². The summed E-state index contributed by atoms with van der Waals surface area (Å²) in [5.74, 6) is -0.180. The van der Waals surface area contributed by atoms with Crippen LogP contribution in [-0.4, -0.2) is 34.3 Å². The Balaban J connectivity index is 2.13. The molecule has 0 unspecified atom stereocenters. The number of halogens is 1. The molecular weight excluding hydrogens is 446 g/mol. The molecule has 0 saturated carbocycles. The Kier molecular flexibility index (Phi) is 6.02.